The van der Waals surface area contributed by atoms with Crippen LogP contribution >= 0.6 is 31.9 Å². The summed E-state index contributed by atoms with van der Waals surface area (Å²) < 4.78 is 7.84. The van der Waals surface area contributed by atoms with Gasteiger partial charge in [0.1, 0.15) is 11.5 Å². The summed E-state index contributed by atoms with van der Waals surface area (Å²) in [7, 11) is 0. The fourth-order valence-electron chi connectivity index (χ4n) is 1.99. The third-order valence-corrected chi connectivity index (χ3v) is 4.32. The quantitative estimate of drug-likeness (QED) is 0.622. The molecule has 0 heterocycles. The number of hydrogen-bond donors (Lipinski definition) is 1. The van der Waals surface area contributed by atoms with Gasteiger partial charge in [-0.05, 0) is 71.7 Å². The van der Waals surface area contributed by atoms with Crippen molar-refractivity contribution >= 4 is 31.9 Å². The average Bonchev–Trinajstić information content (AvgIpc) is 2.48. The Morgan fingerprint density at radius 1 is 1.10 bits per heavy atom. The first kappa shape index (κ1) is 16.5. The van der Waals surface area contributed by atoms with Gasteiger partial charge < -0.3 is 10.1 Å². The molecule has 0 radical (unpaired) electrons. The Hall–Kier alpha value is -0.840. The zero-order valence-corrected chi connectivity index (χ0v) is 15.4. The van der Waals surface area contributed by atoms with Crippen molar-refractivity contribution in [3.05, 3.63) is 57.0 Å². The standard InChI is InChI=1S/C17H19Br2NO/c1-3-10-20-12(2)13-4-7-15(8-5-13)21-17-9-6-14(18)11-16(17)19/h4-9,11-12,20H,3,10H2,1-2H3. The molecule has 0 fully saturated rings. The number of rotatable bonds is 6. The van der Waals surface area contributed by atoms with Gasteiger partial charge in [-0.3, -0.25) is 0 Å². The zero-order valence-electron chi connectivity index (χ0n) is 12.2. The summed E-state index contributed by atoms with van der Waals surface area (Å²) in [5.41, 5.74) is 1.27. The topological polar surface area (TPSA) is 21.3 Å². The third kappa shape index (κ3) is 4.83. The molecule has 0 aliphatic carbocycles. The summed E-state index contributed by atoms with van der Waals surface area (Å²) in [5.74, 6) is 1.65. The van der Waals surface area contributed by atoms with Gasteiger partial charge in [-0.1, -0.05) is 35.0 Å². The van der Waals surface area contributed by atoms with Crippen LogP contribution in [0.1, 0.15) is 31.9 Å². The van der Waals surface area contributed by atoms with Crippen molar-refractivity contribution in [2.75, 3.05) is 6.54 Å². The van der Waals surface area contributed by atoms with Gasteiger partial charge in [0.15, 0.2) is 0 Å². The second kappa shape index (κ2) is 7.97. The van der Waals surface area contributed by atoms with Crippen LogP contribution in [0.3, 0.4) is 0 Å². The summed E-state index contributed by atoms with van der Waals surface area (Å²) in [4.78, 5) is 0. The number of benzene rings is 2. The van der Waals surface area contributed by atoms with E-state index in [1.807, 2.05) is 30.3 Å². The lowest BCUT2D eigenvalue weighted by Crippen LogP contribution is -2.19. The maximum absolute atomic E-state index is 5.89. The highest BCUT2D eigenvalue weighted by atomic mass is 79.9. The van der Waals surface area contributed by atoms with Gasteiger partial charge in [0.25, 0.3) is 0 Å². The van der Waals surface area contributed by atoms with Gasteiger partial charge in [-0.15, -0.1) is 0 Å². The number of nitrogens with one attached hydrogen (secondary N) is 1. The fraction of sp³-hybridized carbons (Fsp3) is 0.294. The molecule has 0 aliphatic heterocycles. The Labute approximate surface area is 143 Å². The minimum atomic E-state index is 0.360. The number of ether oxygens (including phenoxy) is 1. The van der Waals surface area contributed by atoms with E-state index < -0.39 is 0 Å². The lowest BCUT2D eigenvalue weighted by molar-refractivity contribution is 0.478. The van der Waals surface area contributed by atoms with Crippen molar-refractivity contribution in [1.29, 1.82) is 0 Å². The van der Waals surface area contributed by atoms with Crippen molar-refractivity contribution in [3.63, 3.8) is 0 Å². The molecular weight excluding hydrogens is 394 g/mol. The van der Waals surface area contributed by atoms with Crippen LogP contribution in [0, 0.1) is 0 Å². The van der Waals surface area contributed by atoms with Gasteiger partial charge >= 0.3 is 0 Å². The normalized spacial score (nSPS) is 12.2. The molecule has 0 spiro atoms. The molecule has 0 aromatic heterocycles. The molecule has 0 bridgehead atoms. The van der Waals surface area contributed by atoms with Crippen molar-refractivity contribution in [2.24, 2.45) is 0 Å². The monoisotopic (exact) mass is 411 g/mol. The summed E-state index contributed by atoms with van der Waals surface area (Å²) in [5, 5.41) is 3.48. The molecule has 4 heteroatoms. The minimum absolute atomic E-state index is 0.360. The Morgan fingerprint density at radius 2 is 1.81 bits per heavy atom. The van der Waals surface area contributed by atoms with E-state index in [9.17, 15) is 0 Å². The molecule has 2 aromatic rings. The highest BCUT2D eigenvalue weighted by Crippen LogP contribution is 2.32. The van der Waals surface area contributed by atoms with Crippen LogP contribution in [-0.2, 0) is 0 Å². The summed E-state index contributed by atoms with van der Waals surface area (Å²) in [6.07, 6.45) is 1.14. The smallest absolute Gasteiger partial charge is 0.141 e. The second-order valence-electron chi connectivity index (χ2n) is 4.92. The van der Waals surface area contributed by atoms with Crippen LogP contribution in [0.25, 0.3) is 0 Å². The van der Waals surface area contributed by atoms with Crippen molar-refractivity contribution in [2.45, 2.75) is 26.3 Å². The molecule has 112 valence electrons. The van der Waals surface area contributed by atoms with Crippen molar-refractivity contribution in [1.82, 2.24) is 5.32 Å². The molecule has 0 saturated heterocycles. The summed E-state index contributed by atoms with van der Waals surface area (Å²) >= 11 is 6.94. The largest absolute Gasteiger partial charge is 0.456 e. The maximum atomic E-state index is 5.89. The third-order valence-electron chi connectivity index (χ3n) is 3.20. The second-order valence-corrected chi connectivity index (χ2v) is 6.69. The van der Waals surface area contributed by atoms with E-state index in [2.05, 4.69) is 63.2 Å². The first-order valence-corrected chi connectivity index (χ1v) is 8.65. The van der Waals surface area contributed by atoms with Gasteiger partial charge in [0.05, 0.1) is 4.47 Å². The Kier molecular flexibility index (Phi) is 6.27. The SMILES string of the molecule is CCCNC(C)c1ccc(Oc2ccc(Br)cc2Br)cc1. The summed E-state index contributed by atoms with van der Waals surface area (Å²) in [6.45, 7) is 5.38. The van der Waals surface area contributed by atoms with Crippen LogP contribution in [0.5, 0.6) is 11.5 Å². The van der Waals surface area contributed by atoms with E-state index in [1.54, 1.807) is 0 Å². The van der Waals surface area contributed by atoms with Gasteiger partial charge in [0, 0.05) is 10.5 Å². The predicted molar refractivity (Wildman–Crippen MR) is 95.1 cm³/mol. The highest BCUT2D eigenvalue weighted by Gasteiger charge is 2.06. The minimum Gasteiger partial charge on any atom is -0.456 e. The Balaban J connectivity index is 2.05. The van der Waals surface area contributed by atoms with Crippen LogP contribution in [0.4, 0.5) is 0 Å². The lowest BCUT2D eigenvalue weighted by atomic mass is 10.1. The van der Waals surface area contributed by atoms with E-state index in [0.29, 0.717) is 6.04 Å². The van der Waals surface area contributed by atoms with E-state index >= 15 is 0 Å². The zero-order chi connectivity index (χ0) is 15.2. The molecule has 2 nitrogen and oxygen atoms in total. The van der Waals surface area contributed by atoms with Crippen LogP contribution < -0.4 is 10.1 Å². The Bertz CT molecular complexity index is 584. The molecule has 0 amide bonds. The number of halogens is 2. The molecular formula is C17H19Br2NO. The molecule has 1 N–H and O–H groups in total. The Morgan fingerprint density at radius 3 is 2.43 bits per heavy atom. The van der Waals surface area contributed by atoms with E-state index in [4.69, 9.17) is 4.74 Å². The maximum Gasteiger partial charge on any atom is 0.141 e. The summed E-state index contributed by atoms with van der Waals surface area (Å²) in [6, 6.07) is 14.5. The first-order valence-electron chi connectivity index (χ1n) is 7.06. The molecule has 0 aliphatic rings. The van der Waals surface area contributed by atoms with E-state index in [0.717, 1.165) is 33.4 Å². The highest BCUT2D eigenvalue weighted by molar-refractivity contribution is 9.11. The molecule has 0 saturated carbocycles. The molecule has 2 aromatic carbocycles. The first-order chi connectivity index (χ1) is 10.1. The van der Waals surface area contributed by atoms with Crippen LogP contribution in [0.15, 0.2) is 51.4 Å². The molecule has 2 rings (SSSR count). The lowest BCUT2D eigenvalue weighted by Gasteiger charge is -2.14. The van der Waals surface area contributed by atoms with E-state index in [-0.39, 0.29) is 0 Å². The fourth-order valence-corrected chi connectivity index (χ4v) is 3.12. The van der Waals surface area contributed by atoms with Crippen LogP contribution in [0.2, 0.25) is 0 Å². The van der Waals surface area contributed by atoms with Gasteiger partial charge in [-0.25, -0.2) is 0 Å². The molecule has 21 heavy (non-hydrogen) atoms. The van der Waals surface area contributed by atoms with Gasteiger partial charge in [-0.2, -0.15) is 0 Å². The van der Waals surface area contributed by atoms with Crippen LogP contribution in [-0.4, -0.2) is 6.54 Å². The number of hydrogen-bond acceptors (Lipinski definition) is 2. The predicted octanol–water partition coefficient (Wildman–Crippen LogP) is 6.06. The molecule has 1 atom stereocenters. The molecule has 1 unspecified atom stereocenters. The van der Waals surface area contributed by atoms with E-state index in [1.165, 1.54) is 5.56 Å². The van der Waals surface area contributed by atoms with Crippen molar-refractivity contribution in [3.8, 4) is 11.5 Å². The van der Waals surface area contributed by atoms with Crippen molar-refractivity contribution < 1.29 is 4.74 Å². The van der Waals surface area contributed by atoms with Gasteiger partial charge in [0.2, 0.25) is 0 Å². The average molecular weight is 413 g/mol.